The number of allylic oxidation sites excluding steroid dienone is 1. The molecule has 0 fully saturated rings. The van der Waals surface area contributed by atoms with Gasteiger partial charge < -0.3 is 10.6 Å². The molecule has 0 saturated heterocycles. The maximum Gasteiger partial charge on any atom is 0.255 e. The van der Waals surface area contributed by atoms with Crippen LogP contribution in [0, 0.1) is 6.92 Å². The first-order valence-corrected chi connectivity index (χ1v) is 8.91. The van der Waals surface area contributed by atoms with E-state index in [9.17, 15) is 4.79 Å². The van der Waals surface area contributed by atoms with Gasteiger partial charge in [-0.15, -0.1) is 0 Å². The van der Waals surface area contributed by atoms with E-state index in [1.807, 2.05) is 50.2 Å². The minimum absolute atomic E-state index is 0.190. The van der Waals surface area contributed by atoms with Crippen molar-refractivity contribution in [2.24, 2.45) is 0 Å². The Kier molecular flexibility index (Phi) is 4.41. The summed E-state index contributed by atoms with van der Waals surface area (Å²) >= 11 is 6.04. The lowest BCUT2D eigenvalue weighted by molar-refractivity contribution is -0.113. The van der Waals surface area contributed by atoms with Gasteiger partial charge in [-0.2, -0.15) is 10.1 Å². The number of aryl methyl sites for hydroxylation is 1. The van der Waals surface area contributed by atoms with Crippen molar-refractivity contribution in [3.63, 3.8) is 0 Å². The molecule has 0 saturated carbocycles. The molecule has 2 heterocycles. The highest BCUT2D eigenvalue weighted by atomic mass is 35.5. The summed E-state index contributed by atoms with van der Waals surface area (Å²) < 4.78 is 1.71. The normalized spacial score (nSPS) is 15.9. The van der Waals surface area contributed by atoms with Crippen LogP contribution in [0.5, 0.6) is 0 Å². The van der Waals surface area contributed by atoms with Crippen molar-refractivity contribution in [1.29, 1.82) is 0 Å². The van der Waals surface area contributed by atoms with Crippen molar-refractivity contribution < 1.29 is 4.79 Å². The lowest BCUT2D eigenvalue weighted by atomic mass is 9.95. The first-order valence-electron chi connectivity index (χ1n) is 8.54. The molecule has 1 aliphatic heterocycles. The van der Waals surface area contributed by atoms with Gasteiger partial charge in [-0.1, -0.05) is 41.4 Å². The number of nitrogens with zero attached hydrogens (tertiary/aromatic N) is 3. The molecule has 6 nitrogen and oxygen atoms in total. The van der Waals surface area contributed by atoms with Crippen LogP contribution in [0.2, 0.25) is 5.02 Å². The first kappa shape index (κ1) is 17.3. The van der Waals surface area contributed by atoms with E-state index in [-0.39, 0.29) is 5.91 Å². The van der Waals surface area contributed by atoms with Crippen LogP contribution < -0.4 is 10.6 Å². The fourth-order valence-electron chi connectivity index (χ4n) is 3.17. The predicted octanol–water partition coefficient (Wildman–Crippen LogP) is 4.17. The summed E-state index contributed by atoms with van der Waals surface area (Å²) in [4.78, 5) is 17.4. The highest BCUT2D eigenvalue weighted by Crippen LogP contribution is 2.35. The standard InChI is InChI=1S/C20H18ClN5O/c1-12-3-9-16(10-4-12)25-19(27)17-13(2)24-20-22-11-23-26(20)18(17)14-5-7-15(21)8-6-14/h3-11,18H,1-2H3,(H,25,27)(H,22,23,24)/t18-/m1/s1. The molecule has 0 radical (unpaired) electrons. The van der Waals surface area contributed by atoms with Gasteiger partial charge in [0.05, 0.1) is 5.57 Å². The third-order valence-corrected chi connectivity index (χ3v) is 4.79. The number of fused-ring (bicyclic) bond motifs is 1. The number of hydrogen-bond acceptors (Lipinski definition) is 4. The molecular weight excluding hydrogens is 362 g/mol. The van der Waals surface area contributed by atoms with Gasteiger partial charge in [0.25, 0.3) is 5.91 Å². The average molecular weight is 380 g/mol. The molecule has 7 heteroatoms. The Labute approximate surface area is 161 Å². The number of anilines is 2. The summed E-state index contributed by atoms with van der Waals surface area (Å²) in [5, 5.41) is 11.1. The highest BCUT2D eigenvalue weighted by Gasteiger charge is 2.33. The van der Waals surface area contributed by atoms with Crippen molar-refractivity contribution in [3.8, 4) is 0 Å². The van der Waals surface area contributed by atoms with E-state index in [1.165, 1.54) is 6.33 Å². The van der Waals surface area contributed by atoms with Gasteiger partial charge in [-0.3, -0.25) is 4.79 Å². The minimum atomic E-state index is -0.397. The Balaban J connectivity index is 1.74. The molecule has 4 rings (SSSR count). The molecule has 136 valence electrons. The van der Waals surface area contributed by atoms with E-state index in [0.717, 1.165) is 22.5 Å². The summed E-state index contributed by atoms with van der Waals surface area (Å²) in [6.45, 7) is 3.87. The number of rotatable bonds is 3. The van der Waals surface area contributed by atoms with E-state index >= 15 is 0 Å². The number of halogens is 1. The number of carbonyl (C=O) groups is 1. The number of nitrogens with one attached hydrogen (secondary N) is 2. The van der Waals surface area contributed by atoms with Crippen LogP contribution in [-0.2, 0) is 4.79 Å². The second kappa shape index (κ2) is 6.89. The summed E-state index contributed by atoms with van der Waals surface area (Å²) in [6.07, 6.45) is 1.47. The molecule has 2 aromatic carbocycles. The van der Waals surface area contributed by atoms with Crippen LogP contribution in [-0.4, -0.2) is 20.7 Å². The molecule has 1 amide bonds. The molecule has 1 aromatic heterocycles. The number of aromatic nitrogens is 3. The fraction of sp³-hybridized carbons (Fsp3) is 0.150. The monoisotopic (exact) mass is 379 g/mol. The Bertz CT molecular complexity index is 1020. The van der Waals surface area contributed by atoms with Crippen LogP contribution >= 0.6 is 11.6 Å². The zero-order valence-electron chi connectivity index (χ0n) is 14.9. The predicted molar refractivity (Wildman–Crippen MR) is 106 cm³/mol. The lowest BCUT2D eigenvalue weighted by Gasteiger charge is -2.28. The van der Waals surface area contributed by atoms with Gasteiger partial charge in [-0.05, 0) is 43.7 Å². The van der Waals surface area contributed by atoms with Crippen LogP contribution in [0.3, 0.4) is 0 Å². The number of benzene rings is 2. The third-order valence-electron chi connectivity index (χ3n) is 4.53. The fourth-order valence-corrected chi connectivity index (χ4v) is 3.30. The molecule has 1 aliphatic rings. The van der Waals surface area contributed by atoms with Crippen molar-refractivity contribution in [2.45, 2.75) is 19.9 Å². The van der Waals surface area contributed by atoms with Crippen molar-refractivity contribution in [3.05, 3.63) is 82.3 Å². The summed E-state index contributed by atoms with van der Waals surface area (Å²) in [5.74, 6) is 0.407. The Morgan fingerprint density at radius 1 is 1.11 bits per heavy atom. The number of carbonyl (C=O) groups excluding carboxylic acids is 1. The molecule has 0 aliphatic carbocycles. The molecule has 2 N–H and O–H groups in total. The molecule has 1 atom stereocenters. The second-order valence-corrected chi connectivity index (χ2v) is 6.90. The minimum Gasteiger partial charge on any atom is -0.328 e. The van der Waals surface area contributed by atoms with Crippen LogP contribution in [0.4, 0.5) is 11.6 Å². The van der Waals surface area contributed by atoms with Crippen LogP contribution in [0.1, 0.15) is 24.1 Å². The molecule has 0 bridgehead atoms. The van der Waals surface area contributed by atoms with Gasteiger partial charge in [0.2, 0.25) is 5.95 Å². The largest absolute Gasteiger partial charge is 0.328 e. The molecule has 0 unspecified atom stereocenters. The SMILES string of the molecule is CC1=C(C(=O)Nc2ccc(C)cc2)[C@@H](c2ccc(Cl)cc2)n2ncnc2N1. The maximum atomic E-state index is 13.1. The Hall–Kier alpha value is -3.12. The molecule has 0 spiro atoms. The topological polar surface area (TPSA) is 71.8 Å². The van der Waals surface area contributed by atoms with Gasteiger partial charge in [0.1, 0.15) is 12.4 Å². The number of hydrogen-bond donors (Lipinski definition) is 2. The maximum absolute atomic E-state index is 13.1. The van der Waals surface area contributed by atoms with E-state index < -0.39 is 6.04 Å². The van der Waals surface area contributed by atoms with Crippen LogP contribution in [0.25, 0.3) is 0 Å². The Morgan fingerprint density at radius 2 is 1.81 bits per heavy atom. The third kappa shape index (κ3) is 3.31. The second-order valence-electron chi connectivity index (χ2n) is 6.47. The van der Waals surface area contributed by atoms with E-state index in [0.29, 0.717) is 16.5 Å². The Morgan fingerprint density at radius 3 is 2.52 bits per heavy atom. The van der Waals surface area contributed by atoms with E-state index in [4.69, 9.17) is 11.6 Å². The average Bonchev–Trinajstić information content (AvgIpc) is 3.11. The molecule has 27 heavy (non-hydrogen) atoms. The number of amides is 1. The molecular formula is C20H18ClN5O. The lowest BCUT2D eigenvalue weighted by Crippen LogP contribution is -2.31. The highest BCUT2D eigenvalue weighted by molar-refractivity contribution is 6.30. The van der Waals surface area contributed by atoms with Crippen LogP contribution in [0.15, 0.2) is 66.1 Å². The van der Waals surface area contributed by atoms with E-state index in [2.05, 4.69) is 20.7 Å². The smallest absolute Gasteiger partial charge is 0.255 e. The molecule has 3 aromatic rings. The van der Waals surface area contributed by atoms with Crippen molar-refractivity contribution in [2.75, 3.05) is 10.6 Å². The summed E-state index contributed by atoms with van der Waals surface area (Å²) in [6, 6.07) is 14.7. The van der Waals surface area contributed by atoms with Crippen molar-refractivity contribution in [1.82, 2.24) is 14.8 Å². The van der Waals surface area contributed by atoms with Gasteiger partial charge in [-0.25, -0.2) is 4.68 Å². The van der Waals surface area contributed by atoms with Gasteiger partial charge in [0.15, 0.2) is 0 Å². The summed E-state index contributed by atoms with van der Waals surface area (Å²) in [5.41, 5.74) is 4.09. The zero-order valence-corrected chi connectivity index (χ0v) is 15.7. The summed E-state index contributed by atoms with van der Waals surface area (Å²) in [7, 11) is 0. The first-order chi connectivity index (χ1) is 13.0. The van der Waals surface area contributed by atoms with Gasteiger partial charge in [0, 0.05) is 16.4 Å². The van der Waals surface area contributed by atoms with Gasteiger partial charge >= 0.3 is 0 Å². The zero-order chi connectivity index (χ0) is 19.0. The quantitative estimate of drug-likeness (QED) is 0.716. The van der Waals surface area contributed by atoms with E-state index in [1.54, 1.807) is 16.8 Å². The van der Waals surface area contributed by atoms with Crippen molar-refractivity contribution >= 4 is 29.1 Å².